The summed E-state index contributed by atoms with van der Waals surface area (Å²) in [5.41, 5.74) is 3.43. The van der Waals surface area contributed by atoms with Gasteiger partial charge in [-0.25, -0.2) is 0 Å². The van der Waals surface area contributed by atoms with Gasteiger partial charge in [0.25, 0.3) is 0 Å². The molecule has 0 aromatic heterocycles. The van der Waals surface area contributed by atoms with Crippen molar-refractivity contribution in [2.24, 2.45) is 4.99 Å². The third-order valence-corrected chi connectivity index (χ3v) is 4.91. The molecule has 0 bridgehead atoms. The number of halogens is 1. The highest BCUT2D eigenvalue weighted by Crippen LogP contribution is 2.23. The van der Waals surface area contributed by atoms with E-state index in [1.54, 1.807) is 7.05 Å². The molecule has 7 heteroatoms. The fourth-order valence-electron chi connectivity index (χ4n) is 3.25. The Balaban J connectivity index is 0.00000341. The molecule has 1 fully saturated rings. The minimum atomic E-state index is 0. The second kappa shape index (κ2) is 13.4. The second-order valence-electron chi connectivity index (χ2n) is 7.49. The topological polar surface area (TPSA) is 64.1 Å². The summed E-state index contributed by atoms with van der Waals surface area (Å²) < 4.78 is 17.3. The van der Waals surface area contributed by atoms with Crippen LogP contribution in [0.4, 0.5) is 0 Å². The van der Waals surface area contributed by atoms with E-state index in [2.05, 4.69) is 59.8 Å². The van der Waals surface area contributed by atoms with E-state index >= 15 is 0 Å². The Morgan fingerprint density at radius 3 is 2.74 bits per heavy atom. The first-order valence-corrected chi connectivity index (χ1v) is 10.7. The van der Waals surface area contributed by atoms with Crippen molar-refractivity contribution in [2.45, 2.75) is 45.9 Å². The molecular weight excluding hydrogens is 505 g/mol. The van der Waals surface area contributed by atoms with E-state index in [4.69, 9.17) is 14.2 Å². The van der Waals surface area contributed by atoms with Crippen LogP contribution in [0.5, 0.6) is 11.5 Å². The monoisotopic (exact) mass is 539 g/mol. The zero-order valence-corrected chi connectivity index (χ0v) is 21.0. The molecule has 0 amide bonds. The van der Waals surface area contributed by atoms with Crippen molar-refractivity contribution in [3.05, 3.63) is 59.2 Å². The average Bonchev–Trinajstić information content (AvgIpc) is 3.27. The Kier molecular flexibility index (Phi) is 10.9. The molecule has 170 valence electrons. The van der Waals surface area contributed by atoms with Crippen LogP contribution in [-0.4, -0.2) is 38.9 Å². The van der Waals surface area contributed by atoms with Gasteiger partial charge >= 0.3 is 0 Å². The number of nitrogens with zero attached hydrogens (tertiary/aromatic N) is 1. The fourth-order valence-corrected chi connectivity index (χ4v) is 3.25. The summed E-state index contributed by atoms with van der Waals surface area (Å²) in [6.45, 7) is 7.63. The van der Waals surface area contributed by atoms with Gasteiger partial charge in [0.05, 0.1) is 19.8 Å². The molecule has 1 aliphatic heterocycles. The van der Waals surface area contributed by atoms with E-state index in [0.29, 0.717) is 19.7 Å². The lowest BCUT2D eigenvalue weighted by molar-refractivity contribution is 0.140. The maximum atomic E-state index is 6.19. The number of nitrogens with one attached hydrogen (secondary N) is 2. The lowest BCUT2D eigenvalue weighted by Gasteiger charge is -2.18. The number of aryl methyl sites for hydroxylation is 1. The molecule has 1 heterocycles. The van der Waals surface area contributed by atoms with Crippen LogP contribution in [0.15, 0.2) is 47.5 Å². The summed E-state index contributed by atoms with van der Waals surface area (Å²) >= 11 is 0. The van der Waals surface area contributed by atoms with Crippen LogP contribution < -0.4 is 20.1 Å². The predicted octanol–water partition coefficient (Wildman–Crippen LogP) is 4.43. The number of ether oxygens (including phenoxy) is 3. The number of guanidine groups is 1. The summed E-state index contributed by atoms with van der Waals surface area (Å²) in [7, 11) is 1.78. The molecule has 3 rings (SSSR count). The van der Waals surface area contributed by atoms with Crippen molar-refractivity contribution in [2.75, 3.05) is 26.9 Å². The highest BCUT2D eigenvalue weighted by atomic mass is 127. The highest BCUT2D eigenvalue weighted by Gasteiger charge is 2.18. The van der Waals surface area contributed by atoms with E-state index < -0.39 is 0 Å². The van der Waals surface area contributed by atoms with Crippen molar-refractivity contribution < 1.29 is 14.2 Å². The largest absolute Gasteiger partial charge is 0.494 e. The molecule has 1 unspecified atom stereocenters. The number of hydrogen-bond acceptors (Lipinski definition) is 4. The molecule has 6 nitrogen and oxygen atoms in total. The molecule has 1 saturated heterocycles. The van der Waals surface area contributed by atoms with Gasteiger partial charge in [-0.15, -0.1) is 24.0 Å². The third-order valence-electron chi connectivity index (χ3n) is 4.91. The lowest BCUT2D eigenvalue weighted by Crippen LogP contribution is -2.36. The van der Waals surface area contributed by atoms with E-state index in [1.807, 2.05) is 12.1 Å². The third kappa shape index (κ3) is 8.22. The van der Waals surface area contributed by atoms with Crippen molar-refractivity contribution in [3.63, 3.8) is 0 Å². The predicted molar refractivity (Wildman–Crippen MR) is 136 cm³/mol. The van der Waals surface area contributed by atoms with Crippen LogP contribution in [0.1, 0.15) is 36.5 Å². The van der Waals surface area contributed by atoms with Gasteiger partial charge in [0.1, 0.15) is 17.6 Å². The van der Waals surface area contributed by atoms with Gasteiger partial charge < -0.3 is 24.8 Å². The second-order valence-corrected chi connectivity index (χ2v) is 7.49. The Labute approximate surface area is 202 Å². The van der Waals surface area contributed by atoms with Crippen LogP contribution in [0, 0.1) is 6.92 Å². The Morgan fingerprint density at radius 1 is 1.16 bits per heavy atom. The first-order valence-electron chi connectivity index (χ1n) is 10.7. The summed E-state index contributed by atoms with van der Waals surface area (Å²) in [6, 6.07) is 14.4. The number of benzene rings is 2. The molecule has 2 N–H and O–H groups in total. The standard InChI is InChI=1S/C24H33N3O3.HI/c1-4-11-29-21-7-5-6-19(14-21)15-26-24(25-3)27-16-20-9-8-18(2)13-23(20)30-22-10-12-28-17-22;/h5-9,13-14,22H,4,10-12,15-17H2,1-3H3,(H2,25,26,27);1H. The molecule has 0 spiro atoms. The molecular formula is C24H34IN3O3. The Bertz CT molecular complexity index is 839. The van der Waals surface area contributed by atoms with Crippen LogP contribution in [0.2, 0.25) is 0 Å². The van der Waals surface area contributed by atoms with Crippen LogP contribution in [-0.2, 0) is 17.8 Å². The Hall–Kier alpha value is -2.00. The minimum Gasteiger partial charge on any atom is -0.494 e. The quantitative estimate of drug-likeness (QED) is 0.281. The lowest BCUT2D eigenvalue weighted by atomic mass is 10.1. The van der Waals surface area contributed by atoms with Crippen LogP contribution in [0.25, 0.3) is 0 Å². The van der Waals surface area contributed by atoms with E-state index in [-0.39, 0.29) is 30.1 Å². The molecule has 0 radical (unpaired) electrons. The van der Waals surface area contributed by atoms with Crippen molar-refractivity contribution >= 4 is 29.9 Å². The zero-order valence-electron chi connectivity index (χ0n) is 18.6. The summed E-state index contributed by atoms with van der Waals surface area (Å²) in [4.78, 5) is 4.34. The smallest absolute Gasteiger partial charge is 0.191 e. The van der Waals surface area contributed by atoms with Gasteiger partial charge in [-0.3, -0.25) is 4.99 Å². The molecule has 1 atom stereocenters. The normalized spacial score (nSPS) is 15.8. The maximum absolute atomic E-state index is 6.19. The summed E-state index contributed by atoms with van der Waals surface area (Å²) in [6.07, 6.45) is 2.06. The van der Waals surface area contributed by atoms with E-state index in [1.165, 1.54) is 5.56 Å². The van der Waals surface area contributed by atoms with Crippen LogP contribution in [0.3, 0.4) is 0 Å². The van der Waals surface area contributed by atoms with Crippen molar-refractivity contribution in [3.8, 4) is 11.5 Å². The van der Waals surface area contributed by atoms with Crippen molar-refractivity contribution in [1.29, 1.82) is 0 Å². The first kappa shape index (κ1) is 25.3. The summed E-state index contributed by atoms with van der Waals surface area (Å²) in [5.74, 6) is 2.55. The van der Waals surface area contributed by atoms with Gasteiger partial charge in [-0.1, -0.05) is 31.2 Å². The first-order chi connectivity index (χ1) is 14.7. The number of aliphatic imine (C=N–C) groups is 1. The fraction of sp³-hybridized carbons (Fsp3) is 0.458. The molecule has 0 aliphatic carbocycles. The maximum Gasteiger partial charge on any atom is 0.191 e. The zero-order chi connectivity index (χ0) is 21.2. The van der Waals surface area contributed by atoms with Gasteiger partial charge in [0, 0.05) is 32.1 Å². The van der Waals surface area contributed by atoms with Gasteiger partial charge in [-0.05, 0) is 42.7 Å². The molecule has 2 aromatic rings. The van der Waals surface area contributed by atoms with Crippen molar-refractivity contribution in [1.82, 2.24) is 10.6 Å². The molecule has 1 aliphatic rings. The van der Waals surface area contributed by atoms with Gasteiger partial charge in [0.15, 0.2) is 5.96 Å². The summed E-state index contributed by atoms with van der Waals surface area (Å²) in [5, 5.41) is 6.75. The van der Waals surface area contributed by atoms with Gasteiger partial charge in [0.2, 0.25) is 0 Å². The number of rotatable bonds is 9. The SMILES string of the molecule is CCCOc1cccc(CNC(=NC)NCc2ccc(C)cc2OC2CCOC2)c1.I. The molecule has 0 saturated carbocycles. The minimum absolute atomic E-state index is 0. The molecule has 31 heavy (non-hydrogen) atoms. The Morgan fingerprint density at radius 2 is 2.00 bits per heavy atom. The van der Waals surface area contributed by atoms with E-state index in [0.717, 1.165) is 54.6 Å². The van der Waals surface area contributed by atoms with Gasteiger partial charge in [-0.2, -0.15) is 0 Å². The average molecular weight is 539 g/mol. The van der Waals surface area contributed by atoms with E-state index in [9.17, 15) is 0 Å². The number of hydrogen-bond donors (Lipinski definition) is 2. The molecule has 2 aromatic carbocycles. The van der Waals surface area contributed by atoms with Crippen LogP contribution >= 0.6 is 24.0 Å². The highest BCUT2D eigenvalue weighted by molar-refractivity contribution is 14.0.